The van der Waals surface area contributed by atoms with E-state index >= 15 is 0 Å². The van der Waals surface area contributed by atoms with Crippen LogP contribution in [0.4, 0.5) is 0 Å². The molecule has 3 rings (SSSR count). The predicted octanol–water partition coefficient (Wildman–Crippen LogP) is 3.96. The lowest BCUT2D eigenvalue weighted by Gasteiger charge is -2.00. The maximum atomic E-state index is 11.7. The van der Waals surface area contributed by atoms with Crippen molar-refractivity contribution in [3.05, 3.63) is 82.2 Å². The Morgan fingerprint density at radius 3 is 2.53 bits per heavy atom. The molecule has 0 bridgehead atoms. The Morgan fingerprint density at radius 2 is 1.68 bits per heavy atom. The average Bonchev–Trinajstić information content (AvgIpc) is 2.47. The van der Waals surface area contributed by atoms with Gasteiger partial charge in [0.05, 0.1) is 11.6 Å². The first-order valence-corrected chi connectivity index (χ1v) is 6.08. The van der Waals surface area contributed by atoms with Crippen molar-refractivity contribution in [2.75, 3.05) is 0 Å². The quantitative estimate of drug-likeness (QED) is 0.642. The van der Waals surface area contributed by atoms with E-state index in [0.29, 0.717) is 11.0 Å². The normalized spacial score (nSPS) is 11.2. The van der Waals surface area contributed by atoms with E-state index in [1.165, 1.54) is 12.3 Å². The highest BCUT2D eigenvalue weighted by atomic mass is 16.3. The van der Waals surface area contributed by atoms with Crippen molar-refractivity contribution in [3.8, 4) is 0 Å². The molecule has 2 nitrogen and oxygen atoms in total. The van der Waals surface area contributed by atoms with E-state index in [9.17, 15) is 4.79 Å². The van der Waals surface area contributed by atoms with Crippen molar-refractivity contribution < 1.29 is 4.42 Å². The van der Waals surface area contributed by atoms with Crippen molar-refractivity contribution in [2.24, 2.45) is 0 Å². The summed E-state index contributed by atoms with van der Waals surface area (Å²) in [6.45, 7) is 0. The third-order valence-corrected chi connectivity index (χ3v) is 2.97. The number of hydrogen-bond acceptors (Lipinski definition) is 2. The highest BCUT2D eigenvalue weighted by Crippen LogP contribution is 2.18. The zero-order valence-corrected chi connectivity index (χ0v) is 10.2. The standard InChI is InChI=1S/C17H12O2/c18-16-11-12-19-17-14(7-4-8-15(16)17)10-9-13-5-2-1-3-6-13/h1-12H/b10-9+. The second-order valence-corrected chi connectivity index (χ2v) is 4.25. The minimum Gasteiger partial charge on any atom is -0.463 e. The van der Waals surface area contributed by atoms with Gasteiger partial charge in [0.25, 0.3) is 0 Å². The van der Waals surface area contributed by atoms with Gasteiger partial charge in [0.1, 0.15) is 5.58 Å². The van der Waals surface area contributed by atoms with Crippen LogP contribution in [0.2, 0.25) is 0 Å². The summed E-state index contributed by atoms with van der Waals surface area (Å²) in [6.07, 6.45) is 5.40. The lowest BCUT2D eigenvalue weighted by molar-refractivity contribution is 0.602. The third kappa shape index (κ3) is 2.33. The molecule has 0 saturated heterocycles. The molecule has 0 aliphatic carbocycles. The van der Waals surface area contributed by atoms with Crippen LogP contribution in [0.25, 0.3) is 23.1 Å². The number of rotatable bonds is 2. The molecule has 0 atom stereocenters. The molecule has 0 saturated carbocycles. The maximum Gasteiger partial charge on any atom is 0.192 e. The first-order valence-electron chi connectivity index (χ1n) is 6.08. The summed E-state index contributed by atoms with van der Waals surface area (Å²) < 4.78 is 5.46. The molecule has 1 aromatic heterocycles. The van der Waals surface area contributed by atoms with Gasteiger partial charge < -0.3 is 4.42 Å². The predicted molar refractivity (Wildman–Crippen MR) is 77.9 cm³/mol. The summed E-state index contributed by atoms with van der Waals surface area (Å²) in [5, 5.41) is 0.609. The molecule has 0 aliphatic heterocycles. The number of hydrogen-bond donors (Lipinski definition) is 0. The van der Waals surface area contributed by atoms with Crippen molar-refractivity contribution in [1.29, 1.82) is 0 Å². The lowest BCUT2D eigenvalue weighted by Crippen LogP contribution is -1.98. The van der Waals surface area contributed by atoms with E-state index in [-0.39, 0.29) is 5.43 Å². The molecule has 0 fully saturated rings. The Labute approximate surface area is 110 Å². The van der Waals surface area contributed by atoms with E-state index in [0.717, 1.165) is 11.1 Å². The molecule has 0 amide bonds. The van der Waals surface area contributed by atoms with Crippen LogP contribution in [0.5, 0.6) is 0 Å². The SMILES string of the molecule is O=c1ccoc2c(/C=C/c3ccccc3)cccc12. The number of para-hydroxylation sites is 1. The molecule has 2 heteroatoms. The van der Waals surface area contributed by atoms with E-state index in [4.69, 9.17) is 4.42 Å². The van der Waals surface area contributed by atoms with Gasteiger partial charge >= 0.3 is 0 Å². The van der Waals surface area contributed by atoms with Gasteiger partial charge in [-0.15, -0.1) is 0 Å². The van der Waals surface area contributed by atoms with Crippen LogP contribution < -0.4 is 5.43 Å². The minimum absolute atomic E-state index is 0.0174. The van der Waals surface area contributed by atoms with Crippen molar-refractivity contribution in [3.63, 3.8) is 0 Å². The molecule has 1 heterocycles. The molecule has 2 aromatic carbocycles. The van der Waals surface area contributed by atoms with E-state index in [2.05, 4.69) is 0 Å². The van der Waals surface area contributed by atoms with Gasteiger partial charge in [-0.25, -0.2) is 0 Å². The van der Waals surface area contributed by atoms with Crippen LogP contribution in [0.15, 0.2) is 70.1 Å². The summed E-state index contributed by atoms with van der Waals surface area (Å²) in [5.41, 5.74) is 2.62. The van der Waals surface area contributed by atoms with Crippen molar-refractivity contribution >= 4 is 23.1 Å². The Morgan fingerprint density at radius 1 is 0.842 bits per heavy atom. The highest BCUT2D eigenvalue weighted by molar-refractivity contribution is 5.88. The van der Waals surface area contributed by atoms with Crippen LogP contribution in [-0.4, -0.2) is 0 Å². The van der Waals surface area contributed by atoms with Crippen LogP contribution in [-0.2, 0) is 0 Å². The first kappa shape index (κ1) is 11.5. The van der Waals surface area contributed by atoms with Gasteiger partial charge in [-0.05, 0) is 11.6 Å². The fourth-order valence-corrected chi connectivity index (χ4v) is 2.02. The molecule has 0 unspecified atom stereocenters. The molecular formula is C17H12O2. The van der Waals surface area contributed by atoms with Gasteiger partial charge in [0.15, 0.2) is 5.43 Å². The second-order valence-electron chi connectivity index (χ2n) is 4.25. The fraction of sp³-hybridized carbons (Fsp3) is 0. The average molecular weight is 248 g/mol. The monoisotopic (exact) mass is 248 g/mol. The largest absolute Gasteiger partial charge is 0.463 e. The topological polar surface area (TPSA) is 30.2 Å². The Balaban J connectivity index is 2.09. The molecule has 0 N–H and O–H groups in total. The van der Waals surface area contributed by atoms with Crippen LogP contribution in [0, 0.1) is 0 Å². The molecule has 3 aromatic rings. The number of benzene rings is 2. The van der Waals surface area contributed by atoms with Gasteiger partial charge in [-0.1, -0.05) is 54.6 Å². The fourth-order valence-electron chi connectivity index (χ4n) is 2.02. The molecule has 0 radical (unpaired) electrons. The maximum absolute atomic E-state index is 11.7. The molecule has 19 heavy (non-hydrogen) atoms. The lowest BCUT2D eigenvalue weighted by atomic mass is 10.1. The van der Waals surface area contributed by atoms with Gasteiger partial charge in [-0.2, -0.15) is 0 Å². The van der Waals surface area contributed by atoms with E-state index < -0.39 is 0 Å². The van der Waals surface area contributed by atoms with Gasteiger partial charge in [0, 0.05) is 11.6 Å². The van der Waals surface area contributed by atoms with Crippen LogP contribution >= 0.6 is 0 Å². The second kappa shape index (κ2) is 4.94. The van der Waals surface area contributed by atoms with E-state index in [1.54, 1.807) is 6.07 Å². The Hall–Kier alpha value is -2.61. The summed E-state index contributed by atoms with van der Waals surface area (Å²) >= 11 is 0. The van der Waals surface area contributed by atoms with Crippen molar-refractivity contribution in [2.45, 2.75) is 0 Å². The van der Waals surface area contributed by atoms with Crippen molar-refractivity contribution in [1.82, 2.24) is 0 Å². The summed E-state index contributed by atoms with van der Waals surface area (Å²) in [4.78, 5) is 11.7. The highest BCUT2D eigenvalue weighted by Gasteiger charge is 2.02. The smallest absolute Gasteiger partial charge is 0.192 e. The third-order valence-electron chi connectivity index (χ3n) is 2.97. The van der Waals surface area contributed by atoms with Crippen LogP contribution in [0.1, 0.15) is 11.1 Å². The Bertz CT molecular complexity index is 783. The Kier molecular flexibility index (Phi) is 2.99. The first-order chi connectivity index (χ1) is 9.34. The molecule has 0 spiro atoms. The summed E-state index contributed by atoms with van der Waals surface area (Å²) in [7, 11) is 0. The zero-order valence-electron chi connectivity index (χ0n) is 10.2. The molecule has 92 valence electrons. The van der Waals surface area contributed by atoms with Gasteiger partial charge in [0.2, 0.25) is 0 Å². The van der Waals surface area contributed by atoms with E-state index in [1.807, 2.05) is 54.6 Å². The number of fused-ring (bicyclic) bond motifs is 1. The summed E-state index contributed by atoms with van der Waals surface area (Å²) in [6, 6.07) is 17.0. The zero-order chi connectivity index (χ0) is 13.1. The van der Waals surface area contributed by atoms with Gasteiger partial charge in [-0.3, -0.25) is 4.79 Å². The van der Waals surface area contributed by atoms with Crippen LogP contribution in [0.3, 0.4) is 0 Å². The molecular weight excluding hydrogens is 236 g/mol. The summed E-state index contributed by atoms with van der Waals surface area (Å²) in [5.74, 6) is 0. The minimum atomic E-state index is -0.0174. The molecule has 0 aliphatic rings.